The van der Waals surface area contributed by atoms with Crippen molar-refractivity contribution in [3.05, 3.63) is 0 Å². The van der Waals surface area contributed by atoms with Crippen molar-refractivity contribution in [1.29, 1.82) is 4.61 Å². The van der Waals surface area contributed by atoms with Crippen LogP contribution in [0.3, 0.4) is 0 Å². The van der Waals surface area contributed by atoms with Crippen molar-refractivity contribution >= 4 is 11.3 Å². The predicted octanol–water partition coefficient (Wildman–Crippen LogP) is -0.427. The monoisotopic (exact) mass is 80.0 g/mol. The third kappa shape index (κ3) is 8.37. The van der Waals surface area contributed by atoms with E-state index in [0.717, 1.165) is 0 Å². The molecular weight excluding hydrogens is 76.1 g/mol. The zero-order chi connectivity index (χ0) is 2.71. The Labute approximate surface area is 27.3 Å². The summed E-state index contributed by atoms with van der Waals surface area (Å²) in [6.07, 6.45) is 0. The van der Waals surface area contributed by atoms with Gasteiger partial charge in [-0.2, -0.15) is 8.82 Å². The molecule has 0 heterocycles. The third-order valence-electron chi connectivity index (χ3n) is 0. The normalized spacial score (nSPS) is 2.75. The summed E-state index contributed by atoms with van der Waals surface area (Å²) in [5.74, 6) is 0. The van der Waals surface area contributed by atoms with Gasteiger partial charge in [-0.1, -0.05) is 0 Å². The smallest absolute Gasteiger partial charge is 0.148 e. The summed E-state index contributed by atoms with van der Waals surface area (Å²) in [4.78, 5) is 0. The maximum atomic E-state index is 8.46. The second-order valence-electron chi connectivity index (χ2n) is 0.0816. The van der Waals surface area contributed by atoms with Gasteiger partial charge in [0, 0.05) is 0 Å². The number of thiol groups is 1. The number of hydrogen-bond donors (Lipinski definition) is 2. The van der Waals surface area contributed by atoms with Crippen LogP contribution in [0.5, 0.6) is 0 Å². The Morgan fingerprint density at radius 1 is 1.75 bits per heavy atom. The van der Waals surface area contributed by atoms with Crippen molar-refractivity contribution in [2.45, 2.75) is 0 Å². The topological polar surface area (TPSA) is 75.9 Å². The van der Waals surface area contributed by atoms with E-state index < -0.39 is 11.3 Å². The summed E-state index contributed by atoms with van der Waals surface area (Å²) in [5.41, 5.74) is 0. The van der Waals surface area contributed by atoms with Crippen LogP contribution in [0.15, 0.2) is 0 Å². The van der Waals surface area contributed by atoms with Gasteiger partial charge in [0.1, 0.15) is 11.3 Å². The number of rotatable bonds is 0. The predicted molar refractivity (Wildman–Crippen MR) is 16.3 cm³/mol. The number of nitrogens with zero attached hydrogens (tertiary/aromatic N) is 1. The minimum absolute atomic E-state index is 0. The molecule has 0 bridgehead atoms. The first kappa shape index (κ1) is 9.35. The van der Waals surface area contributed by atoms with E-state index in [1.165, 1.54) is 0 Å². The molecule has 0 atom stereocenters. The molecule has 0 aromatic carbocycles. The van der Waals surface area contributed by atoms with Crippen LogP contribution in [-0.2, 0) is 11.3 Å². The van der Waals surface area contributed by atoms with Crippen LogP contribution in [-0.4, -0.2) is 4.21 Å². The molecule has 3 N–H and O–H groups in total. The van der Waals surface area contributed by atoms with E-state index in [1.807, 2.05) is 0 Å². The molecule has 0 unspecified atom stereocenters. The van der Waals surface area contributed by atoms with Crippen LogP contribution in [0.2, 0.25) is 0 Å². The summed E-state index contributed by atoms with van der Waals surface area (Å²) < 4.78 is 15.4. The average Bonchev–Trinajstić information content (AvgIpc) is 0.918. The maximum absolute atomic E-state index is 8.46. The lowest BCUT2D eigenvalue weighted by molar-refractivity contribution is 0.699. The van der Waals surface area contributed by atoms with Crippen LogP contribution in [0.4, 0.5) is 0 Å². The Morgan fingerprint density at radius 2 is 1.75 bits per heavy atom. The fraction of sp³-hybridized carbons (Fsp3) is 0. The van der Waals surface area contributed by atoms with E-state index in [2.05, 4.69) is 0 Å². The van der Waals surface area contributed by atoms with Gasteiger partial charge in [-0.15, -0.1) is 0 Å². The number of hydrogen-bond acceptors (Lipinski definition) is 3. The van der Waals surface area contributed by atoms with Gasteiger partial charge in [-0.25, -0.2) is 0 Å². The Morgan fingerprint density at radius 3 is 1.75 bits per heavy atom. The quantitative estimate of drug-likeness (QED) is 0.388. The van der Waals surface area contributed by atoms with E-state index >= 15 is 0 Å². The van der Waals surface area contributed by atoms with Gasteiger partial charge < -0.3 is 6.15 Å². The lowest BCUT2D eigenvalue weighted by atomic mass is 14.0. The molecule has 0 aliphatic heterocycles. The average molecular weight is 80.1 g/mol. The molecule has 26 valence electrons. The summed E-state index contributed by atoms with van der Waals surface area (Å²) >= 11 is -0.833. The molecule has 0 spiro atoms. The third-order valence-corrected chi connectivity index (χ3v) is 0. The van der Waals surface area contributed by atoms with Crippen LogP contribution >= 0.6 is 0 Å². The standard InChI is InChI=1S/HNOS.H3N/c1-3-2;/h3H;1H3. The molecular formula is H4N2OS. The summed E-state index contributed by atoms with van der Waals surface area (Å²) in [7, 11) is 0. The molecule has 0 rings (SSSR count). The molecule has 0 aromatic heterocycles. The minimum Gasteiger partial charge on any atom is -0.344 e. The van der Waals surface area contributed by atoms with Crippen molar-refractivity contribution in [3.63, 3.8) is 0 Å². The first-order valence-electron chi connectivity index (χ1n) is 0.383. The minimum atomic E-state index is -0.833. The molecule has 4 heavy (non-hydrogen) atoms. The van der Waals surface area contributed by atoms with Gasteiger partial charge in [-0.05, 0) is 0 Å². The molecule has 0 amide bonds. The Hall–Kier alpha value is -0.310. The highest BCUT2D eigenvalue weighted by Crippen LogP contribution is 0.834. The summed E-state index contributed by atoms with van der Waals surface area (Å²) in [5, 5.41) is 0. The molecule has 0 saturated carbocycles. The van der Waals surface area contributed by atoms with E-state index in [-0.39, 0.29) is 6.15 Å². The molecule has 4 heteroatoms. The highest BCUT2D eigenvalue weighted by atomic mass is 32.1. The molecule has 0 aliphatic rings. The van der Waals surface area contributed by atoms with Crippen molar-refractivity contribution in [2.24, 2.45) is 0 Å². The summed E-state index contributed by atoms with van der Waals surface area (Å²) in [6.45, 7) is 0. The Balaban J connectivity index is 0. The van der Waals surface area contributed by atoms with Crippen LogP contribution in [0.1, 0.15) is 0 Å². The Kier molecular flexibility index (Phi) is 37.7. The Bertz CT molecular complexity index is 52.2. The maximum Gasteiger partial charge on any atom is 0.148 e. The van der Waals surface area contributed by atoms with Crippen molar-refractivity contribution < 1.29 is 4.21 Å². The first-order chi connectivity index (χ1) is 1.41. The van der Waals surface area contributed by atoms with E-state index in [0.29, 0.717) is 0 Å². The first-order valence-corrected chi connectivity index (χ1v) is 1.15. The van der Waals surface area contributed by atoms with Crippen LogP contribution < -0.4 is 6.15 Å². The molecule has 3 nitrogen and oxygen atoms in total. The zero-order valence-corrected chi connectivity index (χ0v) is 2.90. The van der Waals surface area contributed by atoms with E-state index in [1.54, 1.807) is 0 Å². The van der Waals surface area contributed by atoms with Gasteiger partial charge in [0.2, 0.25) is 0 Å². The highest BCUT2D eigenvalue weighted by Gasteiger charge is 0.912. The largest absolute Gasteiger partial charge is 0.344 e. The molecule has 0 fully saturated rings. The van der Waals surface area contributed by atoms with Crippen LogP contribution in [0.25, 0.3) is 0 Å². The SMILES string of the molecule is N.N#[SH]=O. The molecule has 0 saturated heterocycles. The van der Waals surface area contributed by atoms with E-state index in [9.17, 15) is 0 Å². The lowest BCUT2D eigenvalue weighted by Gasteiger charge is -0.943. The molecule has 0 aromatic rings. The van der Waals surface area contributed by atoms with Gasteiger partial charge in [0.15, 0.2) is 0 Å². The van der Waals surface area contributed by atoms with Gasteiger partial charge in [0.05, 0.1) is 0 Å². The fourth-order valence-electron chi connectivity index (χ4n) is 0. The van der Waals surface area contributed by atoms with Crippen molar-refractivity contribution in [1.82, 2.24) is 6.15 Å². The lowest BCUT2D eigenvalue weighted by Crippen LogP contribution is -1.03. The molecule has 0 radical (unpaired) electrons. The van der Waals surface area contributed by atoms with Crippen molar-refractivity contribution in [2.75, 3.05) is 0 Å². The summed E-state index contributed by atoms with van der Waals surface area (Å²) in [6, 6.07) is 0. The van der Waals surface area contributed by atoms with Gasteiger partial charge >= 0.3 is 0 Å². The van der Waals surface area contributed by atoms with Gasteiger partial charge in [-0.3, -0.25) is 0 Å². The van der Waals surface area contributed by atoms with Crippen LogP contribution in [0, 0.1) is 4.61 Å². The van der Waals surface area contributed by atoms with E-state index in [4.69, 9.17) is 8.82 Å². The second kappa shape index (κ2) is 16.1. The van der Waals surface area contributed by atoms with Gasteiger partial charge in [0.25, 0.3) is 0 Å². The van der Waals surface area contributed by atoms with Crippen molar-refractivity contribution in [3.8, 4) is 0 Å². The zero-order valence-electron chi connectivity index (χ0n) is 2.01. The molecule has 0 aliphatic carbocycles. The fourth-order valence-corrected chi connectivity index (χ4v) is 0. The second-order valence-corrected chi connectivity index (χ2v) is 0.245. The highest BCUT2D eigenvalue weighted by molar-refractivity contribution is 7.50.